The van der Waals surface area contributed by atoms with Gasteiger partial charge in [0.15, 0.2) is 0 Å². The molecule has 0 aromatic carbocycles. The molecule has 1 nitrogen and oxygen atoms in total. The summed E-state index contributed by atoms with van der Waals surface area (Å²) in [6.45, 7) is 3.53. The summed E-state index contributed by atoms with van der Waals surface area (Å²) < 4.78 is 0. The number of aliphatic hydroxyl groups excluding tert-OH is 1. The molecular formula is C11H16O. The van der Waals surface area contributed by atoms with E-state index in [4.69, 9.17) is 0 Å². The maximum atomic E-state index is 9.31. The molecule has 0 amide bonds. The van der Waals surface area contributed by atoms with Crippen LogP contribution < -0.4 is 0 Å². The Kier molecular flexibility index (Phi) is 3.65. The Morgan fingerprint density at radius 1 is 1.25 bits per heavy atom. The van der Waals surface area contributed by atoms with Crippen LogP contribution in [0, 0.1) is 0 Å². The van der Waals surface area contributed by atoms with Crippen molar-refractivity contribution in [1.82, 2.24) is 0 Å². The molecule has 0 atom stereocenters. The first-order valence-corrected chi connectivity index (χ1v) is 4.54. The lowest BCUT2D eigenvalue weighted by Gasteiger charge is -2.12. The summed E-state index contributed by atoms with van der Waals surface area (Å²) in [5.41, 5.74) is 1.37. The van der Waals surface area contributed by atoms with Crippen LogP contribution in [-0.2, 0) is 0 Å². The minimum atomic E-state index is 0.335. The van der Waals surface area contributed by atoms with E-state index in [1.165, 1.54) is 24.8 Å². The number of allylic oxidation sites excluding steroid dienone is 4. The maximum absolute atomic E-state index is 9.31. The molecule has 0 aromatic heterocycles. The zero-order valence-corrected chi connectivity index (χ0v) is 7.42. The van der Waals surface area contributed by atoms with Gasteiger partial charge < -0.3 is 5.11 Å². The quantitative estimate of drug-likeness (QED) is 0.489. The van der Waals surface area contributed by atoms with E-state index < -0.39 is 0 Å². The first-order valence-electron chi connectivity index (χ1n) is 4.54. The summed E-state index contributed by atoms with van der Waals surface area (Å²) >= 11 is 0. The van der Waals surface area contributed by atoms with Crippen molar-refractivity contribution in [3.8, 4) is 0 Å². The summed E-state index contributed by atoms with van der Waals surface area (Å²) in [6.07, 6.45) is 11.3. The van der Waals surface area contributed by atoms with Gasteiger partial charge in [-0.25, -0.2) is 0 Å². The minimum absolute atomic E-state index is 0.335. The zero-order chi connectivity index (χ0) is 8.81. The van der Waals surface area contributed by atoms with Crippen molar-refractivity contribution in [1.29, 1.82) is 0 Å². The molecule has 0 spiro atoms. The van der Waals surface area contributed by atoms with E-state index in [2.05, 4.69) is 6.58 Å². The Bertz CT molecular complexity index is 203. The molecule has 12 heavy (non-hydrogen) atoms. The van der Waals surface area contributed by atoms with Gasteiger partial charge in [-0.1, -0.05) is 24.6 Å². The van der Waals surface area contributed by atoms with E-state index in [0.717, 1.165) is 12.8 Å². The molecule has 1 N–H and O–H groups in total. The Balaban J connectivity index is 2.53. The number of hydrogen-bond acceptors (Lipinski definition) is 1. The van der Waals surface area contributed by atoms with E-state index in [-0.39, 0.29) is 0 Å². The van der Waals surface area contributed by atoms with Crippen LogP contribution in [-0.4, -0.2) is 5.11 Å². The van der Waals surface area contributed by atoms with Gasteiger partial charge in [0.2, 0.25) is 0 Å². The first-order chi connectivity index (χ1) is 5.83. The predicted molar refractivity (Wildman–Crippen MR) is 52.1 cm³/mol. The van der Waals surface area contributed by atoms with Crippen LogP contribution in [0.15, 0.2) is 36.1 Å². The lowest BCUT2D eigenvalue weighted by Crippen LogP contribution is -1.94. The van der Waals surface area contributed by atoms with Crippen LogP contribution in [0.5, 0.6) is 0 Å². The van der Waals surface area contributed by atoms with E-state index >= 15 is 0 Å². The molecule has 1 aliphatic rings. The molecule has 0 radical (unpaired) electrons. The number of rotatable bonds is 2. The first kappa shape index (κ1) is 9.11. The fraction of sp³-hybridized carbons (Fsp3) is 0.455. The molecule has 0 aliphatic heterocycles. The molecule has 1 fully saturated rings. The highest BCUT2D eigenvalue weighted by Crippen LogP contribution is 2.23. The van der Waals surface area contributed by atoms with Crippen molar-refractivity contribution in [3.63, 3.8) is 0 Å². The summed E-state index contributed by atoms with van der Waals surface area (Å²) in [5.74, 6) is 0.335. The van der Waals surface area contributed by atoms with Gasteiger partial charge in [0, 0.05) is 0 Å². The molecule has 1 aliphatic carbocycles. The van der Waals surface area contributed by atoms with E-state index in [1.54, 1.807) is 12.2 Å². The smallest absolute Gasteiger partial charge is 0.115 e. The van der Waals surface area contributed by atoms with Crippen LogP contribution in [0.25, 0.3) is 0 Å². The monoisotopic (exact) mass is 164 g/mol. The van der Waals surface area contributed by atoms with Crippen molar-refractivity contribution in [2.45, 2.75) is 32.1 Å². The van der Waals surface area contributed by atoms with Crippen molar-refractivity contribution < 1.29 is 5.11 Å². The average Bonchev–Trinajstić information content (AvgIpc) is 2.06. The largest absolute Gasteiger partial charge is 0.508 e. The highest BCUT2D eigenvalue weighted by molar-refractivity contribution is 5.21. The maximum Gasteiger partial charge on any atom is 0.115 e. The fourth-order valence-corrected chi connectivity index (χ4v) is 1.53. The third-order valence-corrected chi connectivity index (χ3v) is 2.14. The van der Waals surface area contributed by atoms with E-state index in [1.807, 2.05) is 6.08 Å². The van der Waals surface area contributed by atoms with Crippen LogP contribution in [0.2, 0.25) is 0 Å². The van der Waals surface area contributed by atoms with Crippen molar-refractivity contribution in [3.05, 3.63) is 36.1 Å². The van der Waals surface area contributed by atoms with Gasteiger partial charge in [0.05, 0.1) is 0 Å². The van der Waals surface area contributed by atoms with Crippen LogP contribution in [0.3, 0.4) is 0 Å². The lowest BCUT2D eigenvalue weighted by molar-refractivity contribution is 0.430. The molecule has 1 saturated carbocycles. The summed E-state index contributed by atoms with van der Waals surface area (Å²) in [6, 6.07) is 0. The Labute approximate surface area is 74.1 Å². The van der Waals surface area contributed by atoms with Crippen LogP contribution >= 0.6 is 0 Å². The molecule has 0 aromatic rings. The molecule has 0 bridgehead atoms. The lowest BCUT2D eigenvalue weighted by atomic mass is 9.94. The molecular weight excluding hydrogens is 148 g/mol. The molecule has 0 unspecified atom stereocenters. The highest BCUT2D eigenvalue weighted by Gasteiger charge is 2.04. The molecule has 0 heterocycles. The molecule has 66 valence electrons. The summed E-state index contributed by atoms with van der Waals surface area (Å²) in [5, 5.41) is 9.31. The Hall–Kier alpha value is -0.980. The second-order valence-electron chi connectivity index (χ2n) is 3.19. The highest BCUT2D eigenvalue weighted by atomic mass is 16.3. The molecule has 1 heteroatoms. The second kappa shape index (κ2) is 4.81. The van der Waals surface area contributed by atoms with E-state index in [0.29, 0.717) is 5.76 Å². The van der Waals surface area contributed by atoms with Crippen molar-refractivity contribution >= 4 is 0 Å². The average molecular weight is 164 g/mol. The standard InChI is InChI=1S/C11H16O/c1-2-6-11(12)9-10-7-4-3-5-8-10/h2,6,9,12H,1,3-5,7-8H2/b11-6+. The second-order valence-corrected chi connectivity index (χ2v) is 3.19. The van der Waals surface area contributed by atoms with Gasteiger partial charge in [-0.05, 0) is 37.8 Å². The van der Waals surface area contributed by atoms with Gasteiger partial charge in [0.1, 0.15) is 5.76 Å². The molecule has 0 saturated heterocycles. The number of hydrogen-bond donors (Lipinski definition) is 1. The third-order valence-electron chi connectivity index (χ3n) is 2.14. The predicted octanol–water partition coefficient (Wildman–Crippen LogP) is 3.50. The van der Waals surface area contributed by atoms with E-state index in [9.17, 15) is 5.11 Å². The zero-order valence-electron chi connectivity index (χ0n) is 7.42. The van der Waals surface area contributed by atoms with Crippen molar-refractivity contribution in [2.24, 2.45) is 0 Å². The normalized spacial score (nSPS) is 19.0. The minimum Gasteiger partial charge on any atom is -0.508 e. The van der Waals surface area contributed by atoms with Crippen molar-refractivity contribution in [2.75, 3.05) is 0 Å². The molecule has 1 rings (SSSR count). The van der Waals surface area contributed by atoms with Gasteiger partial charge in [-0.2, -0.15) is 0 Å². The Morgan fingerprint density at radius 2 is 1.92 bits per heavy atom. The van der Waals surface area contributed by atoms with Gasteiger partial charge in [0.25, 0.3) is 0 Å². The third kappa shape index (κ3) is 2.95. The number of aliphatic hydroxyl groups is 1. The topological polar surface area (TPSA) is 20.2 Å². The van der Waals surface area contributed by atoms with Crippen LogP contribution in [0.1, 0.15) is 32.1 Å². The SMILES string of the molecule is C=C/C=C(/O)C=C1CCCCC1. The Morgan fingerprint density at radius 3 is 2.50 bits per heavy atom. The fourth-order valence-electron chi connectivity index (χ4n) is 1.53. The van der Waals surface area contributed by atoms with Crippen LogP contribution in [0.4, 0.5) is 0 Å². The van der Waals surface area contributed by atoms with Gasteiger partial charge in [-0.15, -0.1) is 0 Å². The summed E-state index contributed by atoms with van der Waals surface area (Å²) in [4.78, 5) is 0. The van der Waals surface area contributed by atoms with Gasteiger partial charge in [-0.3, -0.25) is 0 Å². The summed E-state index contributed by atoms with van der Waals surface area (Å²) in [7, 11) is 0. The van der Waals surface area contributed by atoms with Gasteiger partial charge >= 0.3 is 0 Å².